The third-order valence-electron chi connectivity index (χ3n) is 4.04. The Morgan fingerprint density at radius 3 is 2.97 bits per heavy atom. The van der Waals surface area contributed by atoms with E-state index >= 15 is 0 Å². The molecule has 0 N–H and O–H groups in total. The molecule has 0 radical (unpaired) electrons. The number of alkyl halides is 2. The van der Waals surface area contributed by atoms with Crippen LogP contribution in [0.1, 0.15) is 0 Å². The van der Waals surface area contributed by atoms with E-state index in [4.69, 9.17) is 4.74 Å². The Kier molecular flexibility index (Phi) is 7.80. The van der Waals surface area contributed by atoms with Crippen molar-refractivity contribution in [1.82, 2.24) is 9.78 Å². The molecular formula is C20H16F2IN5O2S. The summed E-state index contributed by atoms with van der Waals surface area (Å²) in [7, 11) is 4.79. The number of hydrogen-bond donors (Lipinski definition) is 0. The lowest BCUT2D eigenvalue weighted by atomic mass is 10.1. The number of hydrazone groups is 1. The number of halogens is 3. The second kappa shape index (κ2) is 10.5. The number of benzene rings is 1. The van der Waals surface area contributed by atoms with Crippen LogP contribution in [0.2, 0.25) is 0 Å². The standard InChI is InChI=1S/C20H16F2IN5O2S/c1-27-10-14-9-15(3-4-16(14)25-27)28(2)26-17-5-6-19(30-12-18(21)22)24-20(17)13(11-29)7-8-31-23/h3-6,9-11,18H,12H2,1-2H3/b20-13+,26-17-. The summed E-state index contributed by atoms with van der Waals surface area (Å²) in [6, 6.07) is 5.67. The van der Waals surface area contributed by atoms with Crippen molar-refractivity contribution in [1.29, 1.82) is 0 Å². The number of hydrogen-bond acceptors (Lipinski definition) is 7. The zero-order chi connectivity index (χ0) is 22.4. The first-order valence-electron chi connectivity index (χ1n) is 8.83. The van der Waals surface area contributed by atoms with Crippen LogP contribution >= 0.6 is 30.1 Å². The minimum absolute atomic E-state index is 0.0445. The number of aldehydes is 1. The SMILES string of the molecule is CN(/N=C1/C=CC(OCC(F)F)=N/C1=C(\C#CSI)C=O)c1ccc2nn(C)cc2c1. The fourth-order valence-electron chi connectivity index (χ4n) is 2.72. The van der Waals surface area contributed by atoms with E-state index in [1.165, 1.54) is 15.0 Å². The maximum Gasteiger partial charge on any atom is 0.272 e. The van der Waals surface area contributed by atoms with Gasteiger partial charge in [-0.1, -0.05) is 0 Å². The van der Waals surface area contributed by atoms with Gasteiger partial charge in [-0.05, 0) is 44.4 Å². The van der Waals surface area contributed by atoms with Gasteiger partial charge in [-0.15, -0.1) is 0 Å². The summed E-state index contributed by atoms with van der Waals surface area (Å²) >= 11 is 1.98. The molecule has 0 saturated carbocycles. The van der Waals surface area contributed by atoms with Crippen LogP contribution < -0.4 is 5.01 Å². The summed E-state index contributed by atoms with van der Waals surface area (Å²) in [5, 5.41) is 14.2. The summed E-state index contributed by atoms with van der Waals surface area (Å²) in [5.41, 5.74) is 2.19. The molecule has 0 atom stereocenters. The van der Waals surface area contributed by atoms with Crippen LogP contribution in [-0.4, -0.2) is 47.8 Å². The Bertz CT molecular complexity index is 1180. The molecule has 3 rings (SSSR count). The number of ether oxygens (including phenoxy) is 1. The zero-order valence-electron chi connectivity index (χ0n) is 16.4. The third-order valence-corrected chi connectivity index (χ3v) is 4.88. The number of rotatable bonds is 5. The Morgan fingerprint density at radius 2 is 2.26 bits per heavy atom. The summed E-state index contributed by atoms with van der Waals surface area (Å²) < 4.78 is 31.7. The number of carbonyl (C=O) groups is 1. The quantitative estimate of drug-likeness (QED) is 0.183. The van der Waals surface area contributed by atoms with Crippen LogP contribution in [0.15, 0.2) is 57.9 Å². The molecule has 1 aliphatic heterocycles. The van der Waals surface area contributed by atoms with Gasteiger partial charge in [-0.25, -0.2) is 13.8 Å². The number of aromatic nitrogens is 2. The van der Waals surface area contributed by atoms with Gasteiger partial charge in [0.05, 0.1) is 16.8 Å². The summed E-state index contributed by atoms with van der Waals surface area (Å²) in [5.74, 6) is 2.66. The molecule has 0 fully saturated rings. The van der Waals surface area contributed by atoms with E-state index in [1.54, 1.807) is 22.8 Å². The summed E-state index contributed by atoms with van der Waals surface area (Å²) in [4.78, 5) is 15.8. The molecule has 0 saturated heterocycles. The smallest absolute Gasteiger partial charge is 0.272 e. The van der Waals surface area contributed by atoms with Crippen LogP contribution in [0.5, 0.6) is 0 Å². The Labute approximate surface area is 193 Å². The maximum absolute atomic E-state index is 12.5. The fourth-order valence-corrected chi connectivity index (χ4v) is 3.20. The van der Waals surface area contributed by atoms with Crippen molar-refractivity contribution in [3.8, 4) is 11.2 Å². The van der Waals surface area contributed by atoms with Crippen LogP contribution in [-0.2, 0) is 16.6 Å². The van der Waals surface area contributed by atoms with Gasteiger partial charge in [0.1, 0.15) is 11.4 Å². The van der Waals surface area contributed by atoms with E-state index in [9.17, 15) is 13.6 Å². The van der Waals surface area contributed by atoms with Crippen molar-refractivity contribution in [2.75, 3.05) is 18.7 Å². The number of allylic oxidation sites excluding steroid dienone is 2. The van der Waals surface area contributed by atoms with Crippen LogP contribution in [0.25, 0.3) is 10.9 Å². The number of carbonyl (C=O) groups excluding carboxylic acids is 1. The highest BCUT2D eigenvalue weighted by Crippen LogP contribution is 2.22. The van der Waals surface area contributed by atoms with Gasteiger partial charge >= 0.3 is 0 Å². The van der Waals surface area contributed by atoms with Gasteiger partial charge in [0.2, 0.25) is 5.90 Å². The zero-order valence-corrected chi connectivity index (χ0v) is 19.4. The third kappa shape index (κ3) is 5.92. The van der Waals surface area contributed by atoms with E-state index in [0.717, 1.165) is 16.6 Å². The van der Waals surface area contributed by atoms with Crippen LogP contribution in [0.3, 0.4) is 0 Å². The number of aliphatic imine (C=N–C) groups is 1. The molecule has 0 aliphatic carbocycles. The van der Waals surface area contributed by atoms with Crippen molar-refractivity contribution >= 4 is 64.6 Å². The lowest BCUT2D eigenvalue weighted by Crippen LogP contribution is -2.19. The monoisotopic (exact) mass is 555 g/mol. The molecule has 11 heteroatoms. The minimum Gasteiger partial charge on any atom is -0.472 e. The molecule has 31 heavy (non-hydrogen) atoms. The van der Waals surface area contributed by atoms with Crippen molar-refractivity contribution in [3.05, 3.63) is 47.8 Å². The average molecular weight is 555 g/mol. The average Bonchev–Trinajstić information content (AvgIpc) is 3.13. The molecule has 0 unspecified atom stereocenters. The molecule has 0 amide bonds. The number of dihydropyridines is 1. The number of anilines is 1. The van der Waals surface area contributed by atoms with Gasteiger partial charge in [-0.2, -0.15) is 10.2 Å². The predicted molar refractivity (Wildman–Crippen MR) is 128 cm³/mol. The summed E-state index contributed by atoms with van der Waals surface area (Å²) in [6.45, 7) is -0.806. The lowest BCUT2D eigenvalue weighted by Gasteiger charge is -2.17. The Balaban J connectivity index is 1.99. The second-order valence-corrected chi connectivity index (χ2v) is 7.90. The molecule has 160 valence electrons. The molecule has 0 spiro atoms. The first kappa shape index (κ1) is 23.0. The normalized spacial score (nSPS) is 16.2. The van der Waals surface area contributed by atoms with Crippen LogP contribution in [0.4, 0.5) is 14.5 Å². The van der Waals surface area contributed by atoms with Gasteiger partial charge in [0, 0.05) is 53.0 Å². The number of nitrogens with zero attached hydrogens (tertiary/aromatic N) is 5. The first-order valence-corrected chi connectivity index (χ1v) is 12.2. The van der Waals surface area contributed by atoms with E-state index in [-0.39, 0.29) is 17.2 Å². The largest absolute Gasteiger partial charge is 0.472 e. The van der Waals surface area contributed by atoms with Gasteiger partial charge in [0.15, 0.2) is 12.9 Å². The molecule has 7 nitrogen and oxygen atoms in total. The van der Waals surface area contributed by atoms with Crippen molar-refractivity contribution < 1.29 is 18.3 Å². The first-order chi connectivity index (χ1) is 14.9. The Morgan fingerprint density at radius 1 is 1.45 bits per heavy atom. The second-order valence-electron chi connectivity index (χ2n) is 6.22. The van der Waals surface area contributed by atoms with Crippen molar-refractivity contribution in [3.63, 3.8) is 0 Å². The Hall–Kier alpha value is -2.72. The van der Waals surface area contributed by atoms with Crippen molar-refractivity contribution in [2.24, 2.45) is 17.1 Å². The summed E-state index contributed by atoms with van der Waals surface area (Å²) in [6.07, 6.45) is 2.77. The van der Waals surface area contributed by atoms with Gasteiger partial charge < -0.3 is 4.74 Å². The van der Waals surface area contributed by atoms with E-state index in [0.29, 0.717) is 12.0 Å². The van der Waals surface area contributed by atoms with E-state index in [1.807, 2.05) is 52.6 Å². The fraction of sp³-hybridized carbons (Fsp3) is 0.200. The highest BCUT2D eigenvalue weighted by atomic mass is 127. The van der Waals surface area contributed by atoms with Crippen molar-refractivity contribution in [2.45, 2.75) is 6.43 Å². The number of aryl methyl sites for hydroxylation is 1. The molecule has 0 bridgehead atoms. The van der Waals surface area contributed by atoms with Crippen LogP contribution in [0, 0.1) is 11.2 Å². The highest BCUT2D eigenvalue weighted by molar-refractivity contribution is 14.2. The topological polar surface area (TPSA) is 72.1 Å². The van der Waals surface area contributed by atoms with E-state index in [2.05, 4.69) is 26.4 Å². The molecule has 2 heterocycles. The number of fused-ring (bicyclic) bond motifs is 1. The van der Waals surface area contributed by atoms with E-state index < -0.39 is 13.0 Å². The maximum atomic E-state index is 12.5. The van der Waals surface area contributed by atoms with Gasteiger partial charge in [-0.3, -0.25) is 14.5 Å². The molecule has 1 aromatic heterocycles. The molecule has 1 aromatic carbocycles. The lowest BCUT2D eigenvalue weighted by molar-refractivity contribution is -0.104. The molecule has 1 aliphatic rings. The molecular weight excluding hydrogens is 539 g/mol. The minimum atomic E-state index is -2.65. The predicted octanol–water partition coefficient (Wildman–Crippen LogP) is 4.11. The highest BCUT2D eigenvalue weighted by Gasteiger charge is 2.18. The molecule has 2 aromatic rings. The van der Waals surface area contributed by atoms with Gasteiger partial charge in [0.25, 0.3) is 6.43 Å².